The van der Waals surface area contributed by atoms with Crippen LogP contribution in [0.1, 0.15) is 0 Å². The average molecular weight is 641 g/mol. The highest BCUT2D eigenvalue weighted by Crippen LogP contribution is 2.45. The summed E-state index contributed by atoms with van der Waals surface area (Å²) in [6, 6.07) is 60.1. The van der Waals surface area contributed by atoms with Crippen LogP contribution in [0.15, 0.2) is 179 Å². The van der Waals surface area contributed by atoms with Crippen molar-refractivity contribution in [2.24, 2.45) is 0 Å². The molecule has 0 bridgehead atoms. The molecule has 11 rings (SSSR count). The summed E-state index contributed by atoms with van der Waals surface area (Å²) in [5.41, 5.74) is 10.0. The second kappa shape index (κ2) is 10.4. The van der Waals surface area contributed by atoms with Gasteiger partial charge in [0.2, 0.25) is 0 Å². The molecule has 0 N–H and O–H groups in total. The Morgan fingerprint density at radius 2 is 1.02 bits per heavy atom. The molecular weight excluding hydrogens is 613 g/mol. The summed E-state index contributed by atoms with van der Waals surface area (Å²) in [5.74, 6) is 0. The monoisotopic (exact) mass is 640 g/mol. The molecule has 0 spiro atoms. The van der Waals surface area contributed by atoms with Gasteiger partial charge in [0.1, 0.15) is 16.7 Å². The lowest BCUT2D eigenvalue weighted by molar-refractivity contribution is 0.669. The van der Waals surface area contributed by atoms with Crippen molar-refractivity contribution in [3.8, 4) is 5.69 Å². The quantitative estimate of drug-likeness (QED) is 0.192. The van der Waals surface area contributed by atoms with E-state index in [1.165, 1.54) is 21.7 Å². The Balaban J connectivity index is 1.20. The zero-order valence-electron chi connectivity index (χ0n) is 26.9. The van der Waals surface area contributed by atoms with Crippen LogP contribution in [0.5, 0.6) is 0 Å². The fraction of sp³-hybridized carbons (Fsp3) is 0. The Hall–Kier alpha value is -6.78. The third-order valence-corrected chi connectivity index (χ3v) is 10.2. The van der Waals surface area contributed by atoms with E-state index in [9.17, 15) is 0 Å². The summed E-state index contributed by atoms with van der Waals surface area (Å²) < 4.78 is 15.5. The van der Waals surface area contributed by atoms with Gasteiger partial charge in [-0.05, 0) is 78.2 Å². The van der Waals surface area contributed by atoms with Crippen molar-refractivity contribution in [1.29, 1.82) is 0 Å². The summed E-state index contributed by atoms with van der Waals surface area (Å²) in [5, 5.41) is 9.05. The van der Waals surface area contributed by atoms with Gasteiger partial charge in [-0.2, -0.15) is 0 Å². The number of hydrogen-bond donors (Lipinski definition) is 0. The predicted molar refractivity (Wildman–Crippen MR) is 208 cm³/mol. The lowest BCUT2D eigenvalue weighted by Crippen LogP contribution is -2.10. The van der Waals surface area contributed by atoms with E-state index < -0.39 is 0 Å². The maximum atomic E-state index is 6.65. The molecule has 0 radical (unpaired) electrons. The highest BCUT2D eigenvalue weighted by molar-refractivity contribution is 6.17. The maximum absolute atomic E-state index is 6.65. The number of aromatic nitrogens is 1. The molecule has 0 atom stereocenters. The minimum Gasteiger partial charge on any atom is -0.455 e. The Kier molecular flexibility index (Phi) is 5.63. The lowest BCUT2D eigenvalue weighted by atomic mass is 10.0. The molecule has 0 amide bonds. The average Bonchev–Trinajstić information content (AvgIpc) is 3.85. The van der Waals surface area contributed by atoms with E-state index in [2.05, 4.69) is 167 Å². The summed E-state index contributed by atoms with van der Waals surface area (Å²) in [6.07, 6.45) is 0. The first-order valence-electron chi connectivity index (χ1n) is 16.9. The molecule has 4 nitrogen and oxygen atoms in total. The van der Waals surface area contributed by atoms with Crippen LogP contribution in [0.4, 0.5) is 17.1 Å². The van der Waals surface area contributed by atoms with E-state index in [-0.39, 0.29) is 0 Å². The molecule has 3 heterocycles. The Morgan fingerprint density at radius 1 is 0.380 bits per heavy atom. The van der Waals surface area contributed by atoms with Gasteiger partial charge in [0.05, 0.1) is 16.7 Å². The number of anilines is 3. The Bertz CT molecular complexity index is 3110. The first kappa shape index (κ1) is 27.2. The molecule has 8 aromatic carbocycles. The Labute approximate surface area is 286 Å². The molecule has 0 aliphatic rings. The van der Waals surface area contributed by atoms with Gasteiger partial charge < -0.3 is 18.3 Å². The van der Waals surface area contributed by atoms with Crippen LogP contribution in [0.3, 0.4) is 0 Å². The highest BCUT2D eigenvalue weighted by Gasteiger charge is 2.22. The van der Waals surface area contributed by atoms with Gasteiger partial charge in [-0.1, -0.05) is 97.1 Å². The van der Waals surface area contributed by atoms with E-state index in [1.54, 1.807) is 0 Å². The number of benzene rings is 8. The number of fused-ring (bicyclic) bond motifs is 11. The standard InChI is InChI=1S/C46H28N2O2/c1-2-12-30(13-3-1)48-40-18-8-6-15-34(40)38-27-31(22-25-41(38)48)47(42-19-10-17-36-35-16-7-9-20-43(35)50-46(36)42)32-23-26-44-39(28-32)37-24-21-29-11-4-5-14-33(29)45(37)49-44/h1-28H. The van der Waals surface area contributed by atoms with Crippen LogP contribution in [0, 0.1) is 0 Å². The summed E-state index contributed by atoms with van der Waals surface area (Å²) in [6.45, 7) is 0. The molecule has 0 saturated heterocycles. The van der Waals surface area contributed by atoms with E-state index in [0.29, 0.717) is 0 Å². The van der Waals surface area contributed by atoms with Crippen LogP contribution in [0.25, 0.3) is 82.1 Å². The summed E-state index contributed by atoms with van der Waals surface area (Å²) >= 11 is 0. The summed E-state index contributed by atoms with van der Waals surface area (Å²) in [4.78, 5) is 2.33. The van der Waals surface area contributed by atoms with Gasteiger partial charge in [-0.3, -0.25) is 0 Å². The second-order valence-corrected chi connectivity index (χ2v) is 12.9. The zero-order chi connectivity index (χ0) is 32.8. The molecule has 0 fully saturated rings. The number of rotatable bonds is 4. The molecule has 4 heteroatoms. The fourth-order valence-electron chi connectivity index (χ4n) is 7.92. The van der Waals surface area contributed by atoms with Crippen molar-refractivity contribution in [3.63, 3.8) is 0 Å². The molecule has 234 valence electrons. The first-order valence-corrected chi connectivity index (χ1v) is 16.9. The van der Waals surface area contributed by atoms with Gasteiger partial charge in [0.25, 0.3) is 0 Å². The molecule has 11 aromatic rings. The largest absolute Gasteiger partial charge is 0.455 e. The van der Waals surface area contributed by atoms with Crippen LogP contribution in [-0.2, 0) is 0 Å². The molecule has 0 saturated carbocycles. The summed E-state index contributed by atoms with van der Waals surface area (Å²) in [7, 11) is 0. The van der Waals surface area contributed by atoms with Crippen molar-refractivity contribution in [2.75, 3.05) is 4.90 Å². The number of furan rings is 2. The molecule has 0 unspecified atom stereocenters. The lowest BCUT2D eigenvalue weighted by Gasteiger charge is -2.26. The molecule has 50 heavy (non-hydrogen) atoms. The van der Waals surface area contributed by atoms with Gasteiger partial charge in [-0.15, -0.1) is 0 Å². The molecule has 0 aliphatic heterocycles. The van der Waals surface area contributed by atoms with Crippen molar-refractivity contribution in [1.82, 2.24) is 4.57 Å². The number of hydrogen-bond acceptors (Lipinski definition) is 3. The fourth-order valence-corrected chi connectivity index (χ4v) is 7.92. The van der Waals surface area contributed by atoms with Crippen molar-refractivity contribution in [2.45, 2.75) is 0 Å². The van der Waals surface area contributed by atoms with Gasteiger partial charge in [-0.25, -0.2) is 0 Å². The SMILES string of the molecule is c1ccc(-n2c3ccccc3c3cc(N(c4ccc5oc6c7ccccc7ccc6c5c4)c4cccc5c4oc4ccccc45)ccc32)cc1. The topological polar surface area (TPSA) is 34.5 Å². The van der Waals surface area contributed by atoms with Crippen molar-refractivity contribution >= 4 is 93.5 Å². The maximum Gasteiger partial charge on any atom is 0.159 e. The van der Waals surface area contributed by atoms with Crippen LogP contribution < -0.4 is 4.90 Å². The zero-order valence-corrected chi connectivity index (χ0v) is 26.9. The van der Waals surface area contributed by atoms with E-state index in [0.717, 1.165) is 77.5 Å². The number of para-hydroxylation sites is 4. The molecule has 0 aliphatic carbocycles. The Morgan fingerprint density at radius 3 is 1.92 bits per heavy atom. The smallest absolute Gasteiger partial charge is 0.159 e. The van der Waals surface area contributed by atoms with E-state index >= 15 is 0 Å². The van der Waals surface area contributed by atoms with Gasteiger partial charge in [0, 0.05) is 54.8 Å². The highest BCUT2D eigenvalue weighted by atomic mass is 16.3. The second-order valence-electron chi connectivity index (χ2n) is 12.9. The normalized spacial score (nSPS) is 12.0. The van der Waals surface area contributed by atoms with Crippen molar-refractivity contribution < 1.29 is 8.83 Å². The van der Waals surface area contributed by atoms with Crippen LogP contribution >= 0.6 is 0 Å². The van der Waals surface area contributed by atoms with Gasteiger partial charge in [0.15, 0.2) is 5.58 Å². The van der Waals surface area contributed by atoms with Crippen molar-refractivity contribution in [3.05, 3.63) is 170 Å². The molecular formula is C46H28N2O2. The van der Waals surface area contributed by atoms with E-state index in [4.69, 9.17) is 8.83 Å². The van der Waals surface area contributed by atoms with Gasteiger partial charge >= 0.3 is 0 Å². The third kappa shape index (κ3) is 3.87. The molecule has 3 aromatic heterocycles. The van der Waals surface area contributed by atoms with Crippen LogP contribution in [-0.4, -0.2) is 4.57 Å². The number of nitrogens with zero attached hydrogens (tertiary/aromatic N) is 2. The van der Waals surface area contributed by atoms with Crippen LogP contribution in [0.2, 0.25) is 0 Å². The third-order valence-electron chi connectivity index (χ3n) is 10.2. The van der Waals surface area contributed by atoms with E-state index in [1.807, 2.05) is 12.1 Å². The minimum atomic E-state index is 0.851. The first-order chi connectivity index (χ1) is 24.8. The minimum absolute atomic E-state index is 0.851. The predicted octanol–water partition coefficient (Wildman–Crippen LogP) is 13.2.